The number of nitrogens with one attached hydrogen (secondary N) is 3. The van der Waals surface area contributed by atoms with Crippen molar-refractivity contribution < 1.29 is 51.0 Å². The first-order valence-corrected chi connectivity index (χ1v) is 19.3. The molecule has 2 aromatic carbocycles. The summed E-state index contributed by atoms with van der Waals surface area (Å²) >= 11 is 0. The van der Waals surface area contributed by atoms with Gasteiger partial charge in [0, 0.05) is 30.0 Å². The summed E-state index contributed by atoms with van der Waals surface area (Å²) in [5.74, 6) is -3.29. The third kappa shape index (κ3) is 7.08. The zero-order chi connectivity index (χ0) is 38.7. The monoisotopic (exact) mass is 767 g/mol. The summed E-state index contributed by atoms with van der Waals surface area (Å²) in [4.78, 5) is 71.9. The van der Waals surface area contributed by atoms with Gasteiger partial charge >= 0.3 is 12.2 Å². The van der Waals surface area contributed by atoms with Crippen LogP contribution < -0.4 is 20.1 Å². The number of sulfonamides is 1. The third-order valence-electron chi connectivity index (χ3n) is 10.3. The number of carbonyl (C=O) groups is 5. The average Bonchev–Trinajstić information content (AvgIpc) is 4.00. The van der Waals surface area contributed by atoms with Crippen molar-refractivity contribution in [2.45, 2.75) is 100 Å². The van der Waals surface area contributed by atoms with Gasteiger partial charge in [0.2, 0.25) is 21.8 Å². The quantitative estimate of drug-likeness (QED) is 0.337. The molecule has 5 amide bonds. The fraction of sp³-hybridized carbons (Fsp3) is 0.486. The number of carbonyl (C=O) groups excluding carboxylic acids is 5. The van der Waals surface area contributed by atoms with E-state index >= 15 is 0 Å². The molecule has 6 atom stereocenters. The van der Waals surface area contributed by atoms with Crippen LogP contribution in [0, 0.1) is 11.7 Å². The van der Waals surface area contributed by atoms with Crippen LogP contribution in [-0.4, -0.2) is 89.3 Å². The first-order valence-electron chi connectivity index (χ1n) is 17.8. The van der Waals surface area contributed by atoms with E-state index in [0.29, 0.717) is 35.3 Å². The maximum Gasteiger partial charge on any atom is 0.410 e. The van der Waals surface area contributed by atoms with Crippen LogP contribution in [0.25, 0.3) is 0 Å². The lowest BCUT2D eigenvalue weighted by Crippen LogP contribution is -2.60. The summed E-state index contributed by atoms with van der Waals surface area (Å²) in [6, 6.07) is 7.34. The first-order chi connectivity index (χ1) is 25.5. The molecule has 1 unspecified atom stereocenters. The van der Waals surface area contributed by atoms with E-state index in [4.69, 9.17) is 14.2 Å². The smallest absolute Gasteiger partial charge is 0.410 e. The largest absolute Gasteiger partial charge is 0.491 e. The maximum absolute atomic E-state index is 14.6. The van der Waals surface area contributed by atoms with Crippen molar-refractivity contribution >= 4 is 39.9 Å². The molecule has 0 aromatic heterocycles. The highest BCUT2D eigenvalue weighted by atomic mass is 32.2. The SMILES string of the molecule is C=CC1C[C@]1(NC(=O)[C@@H]1C[C@@H](OC(=O)N2Cc3cccc(F)c3C2)[C@@H]2c3ccccc3OC[C@H](NC(=O)OC(C)(C)C)C(=O)N12)C(=O)NS(=O)(=O)C1CC1. The van der Waals surface area contributed by atoms with E-state index in [0.717, 1.165) is 0 Å². The van der Waals surface area contributed by atoms with E-state index in [1.54, 1.807) is 57.2 Å². The Bertz CT molecular complexity index is 2030. The van der Waals surface area contributed by atoms with Crippen molar-refractivity contribution in [3.05, 3.63) is 77.6 Å². The topological polar surface area (TPSA) is 190 Å². The molecule has 0 bridgehead atoms. The van der Waals surface area contributed by atoms with Crippen LogP contribution in [0.4, 0.5) is 14.0 Å². The van der Waals surface area contributed by atoms with E-state index in [1.807, 2.05) is 0 Å². The number of nitrogens with zero attached hydrogens (tertiary/aromatic N) is 2. The molecule has 2 saturated carbocycles. The number of ether oxygens (including phenoxy) is 3. The Kier molecular flexibility index (Phi) is 9.34. The number of alkyl carbamates (subject to hydrolysis) is 1. The Hall–Kier alpha value is -5.19. The molecule has 2 aliphatic carbocycles. The Morgan fingerprint density at radius 1 is 1.07 bits per heavy atom. The molecule has 1 saturated heterocycles. The van der Waals surface area contributed by atoms with Gasteiger partial charge in [0.25, 0.3) is 5.91 Å². The van der Waals surface area contributed by atoms with Gasteiger partial charge in [0.05, 0.1) is 17.8 Å². The molecule has 0 spiro atoms. The lowest BCUT2D eigenvalue weighted by molar-refractivity contribution is -0.144. The molecular formula is C37H42FN5O10S. The van der Waals surface area contributed by atoms with Gasteiger partial charge in [-0.25, -0.2) is 22.4 Å². The van der Waals surface area contributed by atoms with Gasteiger partial charge in [-0.1, -0.05) is 36.4 Å². The number of rotatable bonds is 8. The fourth-order valence-electron chi connectivity index (χ4n) is 7.39. The van der Waals surface area contributed by atoms with Crippen LogP contribution in [0.15, 0.2) is 55.1 Å². The molecule has 3 heterocycles. The number of fused-ring (bicyclic) bond motifs is 4. The zero-order valence-corrected chi connectivity index (χ0v) is 30.8. The van der Waals surface area contributed by atoms with Crippen molar-refractivity contribution in [3.8, 4) is 5.75 Å². The van der Waals surface area contributed by atoms with Crippen molar-refractivity contribution in [3.63, 3.8) is 0 Å². The van der Waals surface area contributed by atoms with Crippen LogP contribution in [0.3, 0.4) is 0 Å². The number of para-hydroxylation sites is 1. The van der Waals surface area contributed by atoms with Crippen LogP contribution >= 0.6 is 0 Å². The summed E-state index contributed by atoms with van der Waals surface area (Å²) in [6.45, 7) is 8.36. The highest BCUT2D eigenvalue weighted by Gasteiger charge is 2.63. The molecule has 2 aromatic rings. The van der Waals surface area contributed by atoms with Crippen LogP contribution in [-0.2, 0) is 47.0 Å². The van der Waals surface area contributed by atoms with Crippen LogP contribution in [0.1, 0.15) is 69.2 Å². The standard InChI is InChI=1S/C37H42FN5O10S/c1-5-21-16-37(21,33(46)41-54(49,50)22-13-14-22)40-31(44)27-15-29(52-35(48)42-17-20-9-8-11-25(38)24(20)18-42)30-23-10-6-7-12-28(23)51-19-26(32(45)43(27)30)39-34(47)53-36(2,3)4/h5-12,21-22,26-27,29-30H,1,13-19H2,2-4H3,(H,39,47)(H,40,44)(H,41,46)/t21?,26-,27-,29+,30-,37+/m0/s1. The molecule has 288 valence electrons. The molecule has 3 fully saturated rings. The number of benzene rings is 2. The number of hydrogen-bond donors (Lipinski definition) is 3. The second-order valence-electron chi connectivity index (χ2n) is 15.3. The minimum atomic E-state index is -3.97. The van der Waals surface area contributed by atoms with Gasteiger partial charge in [-0.3, -0.25) is 24.0 Å². The zero-order valence-electron chi connectivity index (χ0n) is 30.0. The lowest BCUT2D eigenvalue weighted by atomic mass is 9.99. The predicted octanol–water partition coefficient (Wildman–Crippen LogP) is 2.94. The second kappa shape index (κ2) is 13.6. The van der Waals surface area contributed by atoms with Gasteiger partial charge in [0.1, 0.15) is 47.5 Å². The van der Waals surface area contributed by atoms with Crippen molar-refractivity contribution in [2.75, 3.05) is 6.61 Å². The average molecular weight is 768 g/mol. The third-order valence-corrected chi connectivity index (χ3v) is 12.1. The molecular weight excluding hydrogens is 725 g/mol. The minimum Gasteiger partial charge on any atom is -0.491 e. The predicted molar refractivity (Wildman–Crippen MR) is 188 cm³/mol. The van der Waals surface area contributed by atoms with E-state index in [2.05, 4.69) is 21.9 Å². The first kappa shape index (κ1) is 37.1. The maximum atomic E-state index is 14.6. The van der Waals surface area contributed by atoms with E-state index in [-0.39, 0.29) is 32.5 Å². The van der Waals surface area contributed by atoms with Crippen LogP contribution in [0.2, 0.25) is 0 Å². The van der Waals surface area contributed by atoms with Crippen LogP contribution in [0.5, 0.6) is 5.75 Å². The molecule has 17 heteroatoms. The summed E-state index contributed by atoms with van der Waals surface area (Å²) in [5.41, 5.74) is -1.21. The van der Waals surface area contributed by atoms with E-state index in [1.165, 1.54) is 21.9 Å². The van der Waals surface area contributed by atoms with E-state index < -0.39 is 92.3 Å². The summed E-state index contributed by atoms with van der Waals surface area (Å²) in [6.07, 6.45) is -0.842. The Labute approximate surface area is 311 Å². The molecule has 7 rings (SSSR count). The van der Waals surface area contributed by atoms with E-state index in [9.17, 15) is 36.8 Å². The Morgan fingerprint density at radius 2 is 1.81 bits per heavy atom. The van der Waals surface area contributed by atoms with Gasteiger partial charge in [0.15, 0.2) is 0 Å². The van der Waals surface area contributed by atoms with Gasteiger partial charge in [-0.2, -0.15) is 0 Å². The normalized spacial score (nSPS) is 27.2. The summed E-state index contributed by atoms with van der Waals surface area (Å²) in [5, 5.41) is 4.57. The Balaban J connectivity index is 1.22. The van der Waals surface area contributed by atoms with Crippen molar-refractivity contribution in [1.29, 1.82) is 0 Å². The van der Waals surface area contributed by atoms with Gasteiger partial charge in [-0.05, 0) is 57.7 Å². The number of amides is 5. The molecule has 3 aliphatic heterocycles. The molecule has 5 aliphatic rings. The molecule has 0 radical (unpaired) electrons. The molecule has 54 heavy (non-hydrogen) atoms. The fourth-order valence-corrected chi connectivity index (χ4v) is 8.75. The lowest BCUT2D eigenvalue weighted by Gasteiger charge is -2.37. The number of halogens is 1. The summed E-state index contributed by atoms with van der Waals surface area (Å²) in [7, 11) is -3.97. The van der Waals surface area contributed by atoms with Crippen molar-refractivity contribution in [2.24, 2.45) is 5.92 Å². The highest BCUT2D eigenvalue weighted by Crippen LogP contribution is 2.48. The minimum absolute atomic E-state index is 0.0579. The number of hydrogen-bond acceptors (Lipinski definition) is 10. The highest BCUT2D eigenvalue weighted by molar-refractivity contribution is 7.91. The van der Waals surface area contributed by atoms with Gasteiger partial charge < -0.3 is 29.7 Å². The Morgan fingerprint density at radius 3 is 2.48 bits per heavy atom. The summed E-state index contributed by atoms with van der Waals surface area (Å²) < 4.78 is 59.7. The molecule has 15 nitrogen and oxygen atoms in total. The molecule has 3 N–H and O–H groups in total. The van der Waals surface area contributed by atoms with Gasteiger partial charge in [-0.15, -0.1) is 6.58 Å². The second-order valence-corrected chi connectivity index (χ2v) is 17.3. The van der Waals surface area contributed by atoms with Crippen molar-refractivity contribution in [1.82, 2.24) is 25.2 Å².